The average Bonchev–Trinajstić information content (AvgIpc) is 2.70. The number of nitrogens with one attached hydrogen (secondary N) is 1. The highest BCUT2D eigenvalue weighted by molar-refractivity contribution is 7.89. The smallest absolute Gasteiger partial charge is 0.240 e. The molecule has 0 saturated heterocycles. The molecule has 0 atom stereocenters. The Morgan fingerprint density at radius 2 is 1.74 bits per heavy atom. The Hall–Kier alpha value is -2.57. The summed E-state index contributed by atoms with van der Waals surface area (Å²) in [4.78, 5) is 0.227. The van der Waals surface area contributed by atoms with E-state index in [9.17, 15) is 8.42 Å². The molecule has 0 bridgehead atoms. The molecule has 0 spiro atoms. The maximum Gasteiger partial charge on any atom is 0.240 e. The highest BCUT2D eigenvalue weighted by atomic mass is 32.2. The van der Waals surface area contributed by atoms with Crippen molar-refractivity contribution >= 4 is 20.8 Å². The van der Waals surface area contributed by atoms with E-state index in [4.69, 9.17) is 9.47 Å². The van der Waals surface area contributed by atoms with Crippen molar-refractivity contribution in [2.75, 3.05) is 20.3 Å². The molecule has 6 heteroatoms. The Kier molecular flexibility index (Phi) is 5.98. The Balaban J connectivity index is 1.64. The summed E-state index contributed by atoms with van der Waals surface area (Å²) in [5, 5.41) is 2.09. The van der Waals surface area contributed by atoms with Crippen LogP contribution in [0.4, 0.5) is 0 Å². The molecule has 142 valence electrons. The Labute approximate surface area is 160 Å². The first-order valence-corrected chi connectivity index (χ1v) is 10.3. The van der Waals surface area contributed by atoms with Crippen LogP contribution in [0.5, 0.6) is 11.5 Å². The van der Waals surface area contributed by atoms with Gasteiger partial charge in [0.2, 0.25) is 10.0 Å². The number of sulfonamides is 1. The standard InChI is InChI=1S/C21H23NO4S/c1-3-16-15-18(11-12-20(16)25-2)27(23,24)22-13-14-26-21-10-6-8-17-7-4-5-9-19(17)21/h4-12,15,22H,3,13-14H2,1-2H3. The van der Waals surface area contributed by atoms with Gasteiger partial charge in [-0.3, -0.25) is 0 Å². The van der Waals surface area contributed by atoms with E-state index in [-0.39, 0.29) is 18.0 Å². The summed E-state index contributed by atoms with van der Waals surface area (Å²) in [7, 11) is -2.03. The van der Waals surface area contributed by atoms with E-state index in [2.05, 4.69) is 4.72 Å². The Morgan fingerprint density at radius 3 is 2.52 bits per heavy atom. The molecular formula is C21H23NO4S. The zero-order chi connectivity index (χ0) is 19.3. The predicted octanol–water partition coefficient (Wildman–Crippen LogP) is 3.77. The molecule has 0 amide bonds. The van der Waals surface area contributed by atoms with Crippen LogP contribution in [-0.4, -0.2) is 28.7 Å². The number of hydrogen-bond donors (Lipinski definition) is 1. The topological polar surface area (TPSA) is 64.6 Å². The van der Waals surface area contributed by atoms with Crippen LogP contribution in [0.25, 0.3) is 10.8 Å². The van der Waals surface area contributed by atoms with Gasteiger partial charge in [-0.25, -0.2) is 13.1 Å². The van der Waals surface area contributed by atoms with Crippen molar-refractivity contribution in [3.8, 4) is 11.5 Å². The molecule has 27 heavy (non-hydrogen) atoms. The van der Waals surface area contributed by atoms with E-state index in [0.717, 1.165) is 22.1 Å². The first-order chi connectivity index (χ1) is 13.0. The van der Waals surface area contributed by atoms with E-state index in [1.165, 1.54) is 0 Å². The Bertz CT molecular complexity index is 1030. The molecule has 0 radical (unpaired) electrons. The van der Waals surface area contributed by atoms with Crippen molar-refractivity contribution in [2.45, 2.75) is 18.2 Å². The van der Waals surface area contributed by atoms with Crippen LogP contribution in [-0.2, 0) is 16.4 Å². The van der Waals surface area contributed by atoms with Crippen LogP contribution in [0.1, 0.15) is 12.5 Å². The minimum absolute atomic E-state index is 0.180. The first kappa shape index (κ1) is 19.2. The van der Waals surface area contributed by atoms with Crippen molar-refractivity contribution in [1.82, 2.24) is 4.72 Å². The van der Waals surface area contributed by atoms with Gasteiger partial charge in [-0.1, -0.05) is 43.3 Å². The number of methoxy groups -OCH3 is 1. The van der Waals surface area contributed by atoms with Crippen LogP contribution in [0, 0.1) is 0 Å². The van der Waals surface area contributed by atoms with Crippen LogP contribution < -0.4 is 14.2 Å². The van der Waals surface area contributed by atoms with Crippen molar-refractivity contribution in [3.63, 3.8) is 0 Å². The van der Waals surface area contributed by atoms with E-state index in [1.807, 2.05) is 49.4 Å². The maximum absolute atomic E-state index is 12.5. The molecule has 0 heterocycles. The van der Waals surface area contributed by atoms with Gasteiger partial charge in [0.25, 0.3) is 0 Å². The van der Waals surface area contributed by atoms with Gasteiger partial charge in [-0.05, 0) is 41.6 Å². The summed E-state index contributed by atoms with van der Waals surface area (Å²) in [6.07, 6.45) is 0.691. The minimum Gasteiger partial charge on any atom is -0.496 e. The fourth-order valence-corrected chi connectivity index (χ4v) is 4.00. The van der Waals surface area contributed by atoms with Gasteiger partial charge in [-0.2, -0.15) is 0 Å². The largest absolute Gasteiger partial charge is 0.496 e. The van der Waals surface area contributed by atoms with Crippen LogP contribution >= 0.6 is 0 Å². The third-order valence-corrected chi connectivity index (χ3v) is 5.80. The van der Waals surface area contributed by atoms with Crippen LogP contribution in [0.15, 0.2) is 65.6 Å². The zero-order valence-electron chi connectivity index (χ0n) is 15.4. The third kappa shape index (κ3) is 4.40. The first-order valence-electron chi connectivity index (χ1n) is 8.82. The fraction of sp³-hybridized carbons (Fsp3) is 0.238. The second kappa shape index (κ2) is 8.41. The van der Waals surface area contributed by atoms with Gasteiger partial charge in [0.05, 0.1) is 12.0 Å². The Morgan fingerprint density at radius 1 is 0.963 bits per heavy atom. The summed E-state index contributed by atoms with van der Waals surface area (Å²) in [5.41, 5.74) is 0.854. The number of ether oxygens (including phenoxy) is 2. The predicted molar refractivity (Wildman–Crippen MR) is 107 cm³/mol. The van der Waals surface area contributed by atoms with E-state index in [1.54, 1.807) is 25.3 Å². The van der Waals surface area contributed by atoms with Gasteiger partial charge in [0, 0.05) is 11.9 Å². The lowest BCUT2D eigenvalue weighted by Gasteiger charge is -2.12. The molecule has 0 unspecified atom stereocenters. The average molecular weight is 385 g/mol. The lowest BCUT2D eigenvalue weighted by molar-refractivity contribution is 0.326. The van der Waals surface area contributed by atoms with Gasteiger partial charge in [0.1, 0.15) is 18.1 Å². The van der Waals surface area contributed by atoms with E-state index < -0.39 is 10.0 Å². The summed E-state index contributed by atoms with van der Waals surface area (Å²) < 4.78 is 38.7. The zero-order valence-corrected chi connectivity index (χ0v) is 16.3. The van der Waals surface area contributed by atoms with Gasteiger partial charge in [-0.15, -0.1) is 0 Å². The van der Waals surface area contributed by atoms with E-state index in [0.29, 0.717) is 12.2 Å². The second-order valence-corrected chi connectivity index (χ2v) is 7.82. The number of hydrogen-bond acceptors (Lipinski definition) is 4. The second-order valence-electron chi connectivity index (χ2n) is 6.05. The highest BCUT2D eigenvalue weighted by Crippen LogP contribution is 2.25. The normalized spacial score (nSPS) is 11.5. The van der Waals surface area contributed by atoms with Gasteiger partial charge in [0.15, 0.2) is 0 Å². The highest BCUT2D eigenvalue weighted by Gasteiger charge is 2.15. The number of aryl methyl sites for hydroxylation is 1. The van der Waals surface area contributed by atoms with E-state index >= 15 is 0 Å². The number of rotatable bonds is 8. The minimum atomic E-state index is -3.60. The summed E-state index contributed by atoms with van der Waals surface area (Å²) in [6, 6.07) is 18.6. The third-order valence-electron chi connectivity index (χ3n) is 4.34. The molecule has 3 aromatic rings. The van der Waals surface area contributed by atoms with Gasteiger partial charge < -0.3 is 9.47 Å². The fourth-order valence-electron chi connectivity index (χ4n) is 2.94. The maximum atomic E-state index is 12.5. The number of benzene rings is 3. The van der Waals surface area contributed by atoms with Crippen LogP contribution in [0.3, 0.4) is 0 Å². The van der Waals surface area contributed by atoms with Crippen molar-refractivity contribution < 1.29 is 17.9 Å². The van der Waals surface area contributed by atoms with Gasteiger partial charge >= 0.3 is 0 Å². The molecule has 1 N–H and O–H groups in total. The molecule has 3 aromatic carbocycles. The molecule has 0 saturated carbocycles. The molecular weight excluding hydrogens is 362 g/mol. The SMILES string of the molecule is CCc1cc(S(=O)(=O)NCCOc2cccc3ccccc23)ccc1OC. The van der Waals surface area contributed by atoms with Crippen molar-refractivity contribution in [2.24, 2.45) is 0 Å². The molecule has 5 nitrogen and oxygen atoms in total. The lowest BCUT2D eigenvalue weighted by Crippen LogP contribution is -2.28. The summed E-state index contributed by atoms with van der Waals surface area (Å²) in [6.45, 7) is 2.38. The van der Waals surface area contributed by atoms with Crippen LogP contribution in [0.2, 0.25) is 0 Å². The quantitative estimate of drug-likeness (QED) is 0.600. The molecule has 0 fully saturated rings. The number of fused-ring (bicyclic) bond motifs is 1. The van der Waals surface area contributed by atoms with Crippen molar-refractivity contribution in [1.29, 1.82) is 0 Å². The summed E-state index contributed by atoms with van der Waals surface area (Å²) >= 11 is 0. The lowest BCUT2D eigenvalue weighted by atomic mass is 10.1. The molecule has 0 aromatic heterocycles. The monoisotopic (exact) mass is 385 g/mol. The molecule has 0 aliphatic carbocycles. The molecule has 0 aliphatic rings. The molecule has 0 aliphatic heterocycles. The van der Waals surface area contributed by atoms with Crippen molar-refractivity contribution in [3.05, 3.63) is 66.2 Å². The summed E-state index contributed by atoms with van der Waals surface area (Å²) in [5.74, 6) is 1.43. The molecule has 3 rings (SSSR count).